The molecule has 1 atom stereocenters. The molecule has 3 amide bonds. The van der Waals surface area contributed by atoms with Gasteiger partial charge in [0.1, 0.15) is 5.75 Å². The second-order valence-electron chi connectivity index (χ2n) is 8.95. The Morgan fingerprint density at radius 1 is 1.17 bits per heavy atom. The van der Waals surface area contributed by atoms with Crippen LogP contribution in [0.3, 0.4) is 0 Å². The number of hydrogen-bond donors (Lipinski definition) is 2. The summed E-state index contributed by atoms with van der Waals surface area (Å²) in [5, 5.41) is 12.5. The molecule has 3 saturated carbocycles. The van der Waals surface area contributed by atoms with E-state index in [1.54, 1.807) is 19.2 Å². The number of carbonyl (C=O) groups is 2. The van der Waals surface area contributed by atoms with Gasteiger partial charge in [-0.2, -0.15) is 15.7 Å². The van der Waals surface area contributed by atoms with Crippen LogP contribution >= 0.6 is 23.2 Å². The monoisotopic (exact) mass is 512 g/mol. The van der Waals surface area contributed by atoms with E-state index in [9.17, 15) is 9.59 Å². The standard InChI is InChI=1S/C23H18Cl2N6O4/c1-34-22-27-16-3-2-13(6-18(16)30(22)23-7-11(8-23)9-23)35-19-14(24)4-12(5-15(19)25)31-21(33)28-20(32)17(10-26)29-31/h2-6,11,17,29H,7-9H2,1H3,(H,28,32,33). The average Bonchev–Trinajstić information content (AvgIpc) is 3.12. The van der Waals surface area contributed by atoms with Crippen molar-refractivity contribution in [2.45, 2.75) is 30.8 Å². The van der Waals surface area contributed by atoms with E-state index in [4.69, 9.17) is 37.9 Å². The van der Waals surface area contributed by atoms with Crippen LogP contribution in [0.5, 0.6) is 17.5 Å². The van der Waals surface area contributed by atoms with Gasteiger partial charge in [-0.1, -0.05) is 23.2 Å². The first kappa shape index (κ1) is 22.0. The normalized spacial score (nSPS) is 24.9. The molecule has 3 aliphatic carbocycles. The first-order valence-electron chi connectivity index (χ1n) is 10.9. The summed E-state index contributed by atoms with van der Waals surface area (Å²) < 4.78 is 13.8. The van der Waals surface area contributed by atoms with Gasteiger partial charge in [-0.25, -0.2) is 9.80 Å². The number of imide groups is 1. The number of anilines is 1. The molecule has 3 aromatic rings. The SMILES string of the molecule is COc1nc2ccc(Oc3c(Cl)cc(N4NC(C#N)C(=O)NC4=O)cc3Cl)cc2n1C12CC(C1)C2. The number of nitrogens with zero attached hydrogens (tertiary/aromatic N) is 4. The van der Waals surface area contributed by atoms with E-state index in [2.05, 4.69) is 20.3 Å². The highest BCUT2D eigenvalue weighted by molar-refractivity contribution is 6.37. The molecule has 12 heteroatoms. The number of halogens is 2. The summed E-state index contributed by atoms with van der Waals surface area (Å²) in [6.45, 7) is 0. The van der Waals surface area contributed by atoms with Crippen LogP contribution in [-0.2, 0) is 10.3 Å². The zero-order valence-electron chi connectivity index (χ0n) is 18.3. The number of imidazole rings is 1. The van der Waals surface area contributed by atoms with E-state index >= 15 is 0 Å². The maximum atomic E-state index is 12.2. The van der Waals surface area contributed by atoms with E-state index in [0.717, 1.165) is 41.2 Å². The molecule has 7 rings (SSSR count). The topological polar surface area (TPSA) is 122 Å². The molecular weight excluding hydrogens is 495 g/mol. The molecule has 178 valence electrons. The Kier molecular flexibility index (Phi) is 4.86. The number of benzene rings is 2. The third-order valence-electron chi connectivity index (χ3n) is 6.80. The summed E-state index contributed by atoms with van der Waals surface area (Å²) in [6.07, 6.45) is 3.36. The fourth-order valence-corrected chi connectivity index (χ4v) is 5.60. The number of fused-ring (bicyclic) bond motifs is 1. The minimum atomic E-state index is -1.24. The van der Waals surface area contributed by atoms with Gasteiger partial charge in [0, 0.05) is 6.07 Å². The smallest absolute Gasteiger partial charge is 0.343 e. The van der Waals surface area contributed by atoms with Crippen LogP contribution in [0.1, 0.15) is 19.3 Å². The fourth-order valence-electron chi connectivity index (χ4n) is 5.05. The van der Waals surface area contributed by atoms with Crippen LogP contribution in [0.2, 0.25) is 10.0 Å². The van der Waals surface area contributed by atoms with Crippen molar-refractivity contribution in [3.05, 3.63) is 40.4 Å². The van der Waals surface area contributed by atoms with Crippen LogP contribution in [0.4, 0.5) is 10.5 Å². The van der Waals surface area contributed by atoms with Crippen molar-refractivity contribution >= 4 is 51.9 Å². The van der Waals surface area contributed by atoms with Crippen molar-refractivity contribution in [3.8, 4) is 23.6 Å². The van der Waals surface area contributed by atoms with Gasteiger partial charge in [0.15, 0.2) is 11.8 Å². The third-order valence-corrected chi connectivity index (χ3v) is 7.36. The molecule has 4 aliphatic rings. The van der Waals surface area contributed by atoms with Gasteiger partial charge < -0.3 is 9.47 Å². The molecule has 1 aromatic heterocycles. The molecule has 2 bridgehead atoms. The van der Waals surface area contributed by atoms with Gasteiger partial charge in [0.25, 0.3) is 11.9 Å². The molecule has 4 fully saturated rings. The Labute approximate surface area is 209 Å². The van der Waals surface area contributed by atoms with E-state index in [-0.39, 0.29) is 27.0 Å². The maximum Gasteiger partial charge on any atom is 0.343 e. The molecule has 0 radical (unpaired) electrons. The summed E-state index contributed by atoms with van der Waals surface area (Å²) >= 11 is 12.9. The zero-order chi connectivity index (χ0) is 24.5. The number of hydrogen-bond acceptors (Lipinski definition) is 7. The number of carbonyl (C=O) groups excluding carboxylic acids is 2. The minimum absolute atomic E-state index is 0.0605. The summed E-state index contributed by atoms with van der Waals surface area (Å²) in [4.78, 5) is 28.6. The van der Waals surface area contributed by atoms with Crippen molar-refractivity contribution in [2.75, 3.05) is 12.1 Å². The van der Waals surface area contributed by atoms with Crippen LogP contribution < -0.4 is 25.2 Å². The first-order chi connectivity index (χ1) is 16.8. The Balaban J connectivity index is 1.32. The number of amides is 3. The van der Waals surface area contributed by atoms with E-state index < -0.39 is 18.0 Å². The molecule has 1 unspecified atom stereocenters. The lowest BCUT2D eigenvalue weighted by Crippen LogP contribution is -2.64. The summed E-state index contributed by atoms with van der Waals surface area (Å²) in [5.74, 6) is 0.750. The fraction of sp³-hybridized carbons (Fsp3) is 0.304. The van der Waals surface area contributed by atoms with Gasteiger partial charge in [-0.05, 0) is 49.4 Å². The number of rotatable bonds is 5. The molecule has 1 saturated heterocycles. The van der Waals surface area contributed by atoms with Crippen LogP contribution in [0.25, 0.3) is 11.0 Å². The highest BCUT2D eigenvalue weighted by Crippen LogP contribution is 2.64. The molecule has 0 spiro atoms. The van der Waals surface area contributed by atoms with Gasteiger partial charge >= 0.3 is 6.03 Å². The number of methoxy groups -OCH3 is 1. The van der Waals surface area contributed by atoms with Crippen LogP contribution in [0.15, 0.2) is 30.3 Å². The molecular formula is C23H18Cl2N6O4. The number of nitriles is 1. The van der Waals surface area contributed by atoms with Gasteiger partial charge in [-0.15, -0.1) is 0 Å². The van der Waals surface area contributed by atoms with Crippen LogP contribution in [-0.4, -0.2) is 34.6 Å². The quantitative estimate of drug-likeness (QED) is 0.527. The van der Waals surface area contributed by atoms with E-state index in [0.29, 0.717) is 11.8 Å². The Morgan fingerprint density at radius 2 is 1.89 bits per heavy atom. The Hall–Kier alpha value is -3.52. The molecule has 2 N–H and O–H groups in total. The first-order valence-corrected chi connectivity index (χ1v) is 11.6. The van der Waals surface area contributed by atoms with Gasteiger partial charge in [-0.3, -0.25) is 14.7 Å². The lowest BCUT2D eigenvalue weighted by Gasteiger charge is -2.62. The molecule has 2 aromatic carbocycles. The van der Waals surface area contributed by atoms with Gasteiger partial charge in [0.2, 0.25) is 0 Å². The maximum absolute atomic E-state index is 12.2. The Bertz CT molecular complexity index is 1420. The highest BCUT2D eigenvalue weighted by atomic mass is 35.5. The number of aromatic nitrogens is 2. The summed E-state index contributed by atoms with van der Waals surface area (Å²) in [7, 11) is 1.62. The number of hydrazine groups is 1. The average molecular weight is 513 g/mol. The third kappa shape index (κ3) is 3.31. The van der Waals surface area contributed by atoms with Crippen molar-refractivity contribution in [1.29, 1.82) is 5.26 Å². The minimum Gasteiger partial charge on any atom is -0.468 e. The lowest BCUT2D eigenvalue weighted by atomic mass is 9.49. The van der Waals surface area contributed by atoms with Gasteiger partial charge in [0.05, 0.1) is 45.5 Å². The molecule has 1 aliphatic heterocycles. The van der Waals surface area contributed by atoms with Crippen molar-refractivity contribution in [1.82, 2.24) is 20.3 Å². The molecule has 10 nitrogen and oxygen atoms in total. The van der Waals surface area contributed by atoms with Crippen LogP contribution in [0, 0.1) is 17.2 Å². The van der Waals surface area contributed by atoms with Crippen molar-refractivity contribution in [2.24, 2.45) is 5.92 Å². The number of nitrogens with one attached hydrogen (secondary N) is 2. The molecule has 2 heterocycles. The molecule has 35 heavy (non-hydrogen) atoms. The van der Waals surface area contributed by atoms with Crippen molar-refractivity contribution in [3.63, 3.8) is 0 Å². The predicted molar refractivity (Wildman–Crippen MR) is 127 cm³/mol. The largest absolute Gasteiger partial charge is 0.468 e. The van der Waals surface area contributed by atoms with E-state index in [1.807, 2.05) is 12.1 Å². The van der Waals surface area contributed by atoms with E-state index in [1.165, 1.54) is 12.1 Å². The predicted octanol–water partition coefficient (Wildman–Crippen LogP) is 4.11. The Morgan fingerprint density at radius 3 is 2.49 bits per heavy atom. The number of urea groups is 1. The zero-order valence-corrected chi connectivity index (χ0v) is 19.9. The second kappa shape index (κ2) is 7.75. The summed E-state index contributed by atoms with van der Waals surface area (Å²) in [6, 6.07) is 8.76. The highest BCUT2D eigenvalue weighted by Gasteiger charge is 2.59. The number of ether oxygens (including phenoxy) is 2. The summed E-state index contributed by atoms with van der Waals surface area (Å²) in [5.41, 5.74) is 4.54. The van der Waals surface area contributed by atoms with Crippen molar-refractivity contribution < 1.29 is 19.1 Å². The lowest BCUT2D eigenvalue weighted by molar-refractivity contribution is -0.121. The second-order valence-corrected chi connectivity index (χ2v) is 9.76.